The van der Waals surface area contributed by atoms with E-state index in [2.05, 4.69) is 35.0 Å². The Morgan fingerprint density at radius 3 is 2.42 bits per heavy atom. The van der Waals surface area contributed by atoms with Crippen molar-refractivity contribution >= 4 is 40.0 Å². The minimum atomic E-state index is 0.479. The van der Waals surface area contributed by atoms with Crippen molar-refractivity contribution in [3.05, 3.63) is 29.4 Å². The molecule has 3 nitrogen and oxygen atoms in total. The zero-order valence-corrected chi connectivity index (χ0v) is 12.6. The molecule has 3 rings (SSSR count). The Labute approximate surface area is 122 Å². The first-order valence-electron chi connectivity index (χ1n) is 6.46. The lowest BCUT2D eigenvalue weighted by Gasteiger charge is -2.35. The highest BCUT2D eigenvalue weighted by molar-refractivity contribution is 8.00. The minimum Gasteiger partial charge on any atom is -0.352 e. The zero-order valence-electron chi connectivity index (χ0n) is 11.0. The van der Waals surface area contributed by atoms with Gasteiger partial charge in [-0.2, -0.15) is 11.8 Å². The number of rotatable bonds is 1. The van der Waals surface area contributed by atoms with Gasteiger partial charge in [-0.3, -0.25) is 0 Å². The van der Waals surface area contributed by atoms with Crippen LogP contribution in [0.3, 0.4) is 0 Å². The summed E-state index contributed by atoms with van der Waals surface area (Å²) >= 11 is 8.16. The van der Waals surface area contributed by atoms with Crippen LogP contribution in [0.2, 0.25) is 5.15 Å². The van der Waals surface area contributed by atoms with Crippen LogP contribution < -0.4 is 4.90 Å². The zero-order chi connectivity index (χ0) is 13.4. The van der Waals surface area contributed by atoms with E-state index >= 15 is 0 Å². The van der Waals surface area contributed by atoms with Crippen LogP contribution in [0.25, 0.3) is 10.8 Å². The molecule has 5 heteroatoms. The average molecular weight is 294 g/mol. The molecular formula is C14H16ClN3S. The van der Waals surface area contributed by atoms with Crippen LogP contribution >= 0.6 is 23.4 Å². The number of fused-ring (bicyclic) bond motifs is 1. The Balaban J connectivity index is 2.07. The molecule has 100 valence electrons. The first kappa shape index (κ1) is 13.0. The van der Waals surface area contributed by atoms with Gasteiger partial charge in [-0.25, -0.2) is 0 Å². The Kier molecular flexibility index (Phi) is 3.54. The van der Waals surface area contributed by atoms with Gasteiger partial charge in [0, 0.05) is 34.4 Å². The molecule has 0 spiro atoms. The number of hydrogen-bond donors (Lipinski definition) is 0. The van der Waals surface area contributed by atoms with Crippen molar-refractivity contribution in [2.45, 2.75) is 24.3 Å². The molecule has 0 N–H and O–H groups in total. The summed E-state index contributed by atoms with van der Waals surface area (Å²) in [6.07, 6.45) is 0. The number of benzene rings is 1. The molecule has 0 saturated carbocycles. The SMILES string of the molecule is CC1CN(c2nnc(Cl)c3ccccc23)CC(C)S1. The highest BCUT2D eigenvalue weighted by atomic mass is 35.5. The smallest absolute Gasteiger partial charge is 0.159 e. The third-order valence-corrected chi connectivity index (χ3v) is 4.85. The van der Waals surface area contributed by atoms with Crippen LogP contribution in [0.15, 0.2) is 24.3 Å². The lowest BCUT2D eigenvalue weighted by atomic mass is 10.1. The topological polar surface area (TPSA) is 29.0 Å². The number of nitrogens with zero attached hydrogens (tertiary/aromatic N) is 3. The van der Waals surface area contributed by atoms with E-state index in [9.17, 15) is 0 Å². The maximum Gasteiger partial charge on any atom is 0.159 e. The lowest BCUT2D eigenvalue weighted by molar-refractivity contribution is 0.715. The summed E-state index contributed by atoms with van der Waals surface area (Å²) in [5, 5.41) is 12.2. The summed E-state index contributed by atoms with van der Waals surface area (Å²) < 4.78 is 0. The van der Waals surface area contributed by atoms with Gasteiger partial charge in [0.25, 0.3) is 0 Å². The molecule has 0 amide bonds. The molecule has 0 aliphatic carbocycles. The predicted molar refractivity (Wildman–Crippen MR) is 83.3 cm³/mol. The summed E-state index contributed by atoms with van der Waals surface area (Å²) in [7, 11) is 0. The number of halogens is 1. The third-order valence-electron chi connectivity index (χ3n) is 3.34. The molecule has 1 fully saturated rings. The minimum absolute atomic E-state index is 0.479. The number of hydrogen-bond acceptors (Lipinski definition) is 4. The Morgan fingerprint density at radius 1 is 1.11 bits per heavy atom. The molecule has 1 aliphatic heterocycles. The van der Waals surface area contributed by atoms with E-state index in [4.69, 9.17) is 11.6 Å². The summed E-state index contributed by atoms with van der Waals surface area (Å²) in [5.41, 5.74) is 0. The quantitative estimate of drug-likeness (QED) is 0.803. The molecule has 1 aromatic carbocycles. The third kappa shape index (κ3) is 2.51. The van der Waals surface area contributed by atoms with Gasteiger partial charge < -0.3 is 4.90 Å². The van der Waals surface area contributed by atoms with Crippen molar-refractivity contribution in [1.29, 1.82) is 0 Å². The van der Waals surface area contributed by atoms with Gasteiger partial charge in [0.2, 0.25) is 0 Å². The van der Waals surface area contributed by atoms with Gasteiger partial charge in [-0.15, -0.1) is 10.2 Å². The number of anilines is 1. The molecule has 1 aliphatic rings. The second kappa shape index (κ2) is 5.17. The van der Waals surface area contributed by atoms with Crippen molar-refractivity contribution < 1.29 is 0 Å². The van der Waals surface area contributed by atoms with E-state index in [1.807, 2.05) is 30.0 Å². The molecule has 1 aromatic heterocycles. The standard InChI is InChI=1S/C14H16ClN3S/c1-9-7-18(8-10(2)19-9)14-12-6-4-3-5-11(12)13(15)16-17-14/h3-6,9-10H,7-8H2,1-2H3. The van der Waals surface area contributed by atoms with Gasteiger partial charge in [0.05, 0.1) is 0 Å². The molecule has 2 aromatic rings. The predicted octanol–water partition coefficient (Wildman–Crippen LogP) is 3.61. The molecule has 2 atom stereocenters. The average Bonchev–Trinajstić information content (AvgIpc) is 2.38. The van der Waals surface area contributed by atoms with E-state index in [-0.39, 0.29) is 0 Å². The monoisotopic (exact) mass is 293 g/mol. The van der Waals surface area contributed by atoms with Crippen LogP contribution in [0.4, 0.5) is 5.82 Å². The van der Waals surface area contributed by atoms with Crippen molar-refractivity contribution in [2.75, 3.05) is 18.0 Å². The Morgan fingerprint density at radius 2 is 1.74 bits per heavy atom. The van der Waals surface area contributed by atoms with Gasteiger partial charge >= 0.3 is 0 Å². The van der Waals surface area contributed by atoms with Crippen LogP contribution in [-0.4, -0.2) is 33.8 Å². The van der Waals surface area contributed by atoms with Crippen LogP contribution in [0.1, 0.15) is 13.8 Å². The van der Waals surface area contributed by atoms with Crippen molar-refractivity contribution in [3.8, 4) is 0 Å². The van der Waals surface area contributed by atoms with E-state index in [0.29, 0.717) is 15.7 Å². The van der Waals surface area contributed by atoms with Crippen LogP contribution in [-0.2, 0) is 0 Å². The largest absolute Gasteiger partial charge is 0.352 e. The summed E-state index contributed by atoms with van der Waals surface area (Å²) in [6, 6.07) is 8.08. The molecule has 2 unspecified atom stereocenters. The van der Waals surface area contributed by atoms with Gasteiger partial charge in [0.1, 0.15) is 0 Å². The Bertz CT molecular complexity index is 594. The maximum atomic E-state index is 6.13. The van der Waals surface area contributed by atoms with Crippen LogP contribution in [0, 0.1) is 0 Å². The first-order chi connectivity index (χ1) is 9.15. The van der Waals surface area contributed by atoms with Crippen LogP contribution in [0.5, 0.6) is 0 Å². The second-order valence-electron chi connectivity index (χ2n) is 5.02. The van der Waals surface area contributed by atoms with Gasteiger partial charge in [-0.1, -0.05) is 49.7 Å². The fourth-order valence-corrected chi connectivity index (χ4v) is 4.17. The van der Waals surface area contributed by atoms with Gasteiger partial charge in [-0.05, 0) is 0 Å². The number of aromatic nitrogens is 2. The summed E-state index contributed by atoms with van der Waals surface area (Å²) in [5.74, 6) is 0.957. The molecule has 0 bridgehead atoms. The Hall–Kier alpha value is -1.00. The summed E-state index contributed by atoms with van der Waals surface area (Å²) in [6.45, 7) is 6.54. The maximum absolute atomic E-state index is 6.13. The van der Waals surface area contributed by atoms with E-state index in [0.717, 1.165) is 29.7 Å². The highest BCUT2D eigenvalue weighted by Gasteiger charge is 2.25. The summed E-state index contributed by atoms with van der Waals surface area (Å²) in [4.78, 5) is 2.33. The molecule has 0 radical (unpaired) electrons. The first-order valence-corrected chi connectivity index (χ1v) is 7.78. The molecule has 2 heterocycles. The fraction of sp³-hybridized carbons (Fsp3) is 0.429. The van der Waals surface area contributed by atoms with E-state index < -0.39 is 0 Å². The van der Waals surface area contributed by atoms with E-state index in [1.165, 1.54) is 0 Å². The fourth-order valence-electron chi connectivity index (χ4n) is 2.64. The lowest BCUT2D eigenvalue weighted by Crippen LogP contribution is -2.41. The molecule has 19 heavy (non-hydrogen) atoms. The normalized spacial score (nSPS) is 23.8. The molecule has 1 saturated heterocycles. The van der Waals surface area contributed by atoms with Crippen molar-refractivity contribution in [3.63, 3.8) is 0 Å². The van der Waals surface area contributed by atoms with Crippen molar-refractivity contribution in [2.24, 2.45) is 0 Å². The molecular weight excluding hydrogens is 278 g/mol. The van der Waals surface area contributed by atoms with E-state index in [1.54, 1.807) is 0 Å². The van der Waals surface area contributed by atoms with Crippen molar-refractivity contribution in [1.82, 2.24) is 10.2 Å². The number of thioether (sulfide) groups is 1. The second-order valence-corrected chi connectivity index (χ2v) is 7.26. The highest BCUT2D eigenvalue weighted by Crippen LogP contribution is 2.32. The van der Waals surface area contributed by atoms with Gasteiger partial charge in [0.15, 0.2) is 11.0 Å².